The normalized spacial score (nSPS) is 13.5. The van der Waals surface area contributed by atoms with Crippen molar-refractivity contribution >= 4 is 13.6 Å². The second kappa shape index (κ2) is 6.82. The van der Waals surface area contributed by atoms with Gasteiger partial charge in [0.15, 0.2) is 0 Å². The van der Waals surface area contributed by atoms with Crippen LogP contribution in [0.5, 0.6) is 0 Å². The van der Waals surface area contributed by atoms with E-state index in [-0.39, 0.29) is 19.8 Å². The minimum atomic E-state index is -4.07. The summed E-state index contributed by atoms with van der Waals surface area (Å²) >= 11 is 0. The first-order valence-electron chi connectivity index (χ1n) is 4.50. The second-order valence-corrected chi connectivity index (χ2v) is 4.43. The fraction of sp³-hybridized carbons (Fsp3) is 0.750. The number of alkyl halides is 1. The summed E-state index contributed by atoms with van der Waals surface area (Å²) in [6.07, 6.45) is 0. The van der Waals surface area contributed by atoms with Crippen molar-refractivity contribution in [3.63, 3.8) is 0 Å². The zero-order valence-corrected chi connectivity index (χ0v) is 9.67. The Hall–Kier alpha value is -0.580. The number of hydrogen-bond acceptors (Lipinski definition) is 5. The van der Waals surface area contributed by atoms with Gasteiger partial charge < -0.3 is 13.8 Å². The van der Waals surface area contributed by atoms with Crippen molar-refractivity contribution in [2.45, 2.75) is 19.8 Å². The van der Waals surface area contributed by atoms with E-state index in [2.05, 4.69) is 20.7 Å². The lowest BCUT2D eigenvalue weighted by atomic mass is 10.7. The van der Waals surface area contributed by atoms with Crippen LogP contribution in [0.25, 0.3) is 0 Å². The molecule has 15 heavy (non-hydrogen) atoms. The van der Waals surface area contributed by atoms with Crippen molar-refractivity contribution in [1.82, 2.24) is 0 Å². The van der Waals surface area contributed by atoms with Gasteiger partial charge >= 0.3 is 13.6 Å². The maximum Gasteiger partial charge on any atom is 0.376 e. The van der Waals surface area contributed by atoms with Gasteiger partial charge in [-0.2, -0.15) is 0 Å². The van der Waals surface area contributed by atoms with E-state index in [0.717, 1.165) is 0 Å². The van der Waals surface area contributed by atoms with Crippen LogP contribution in [-0.2, 0) is 23.1 Å². The molecule has 0 aliphatic carbocycles. The minimum absolute atomic E-state index is 0.0185. The molecule has 5 nitrogen and oxygen atoms in total. The summed E-state index contributed by atoms with van der Waals surface area (Å²) in [4.78, 5) is 11.0. The Labute approximate surface area is 88.4 Å². The average molecular weight is 241 g/mol. The van der Waals surface area contributed by atoms with Gasteiger partial charge in [-0.1, -0.05) is 0 Å². The van der Waals surface area contributed by atoms with Crippen LogP contribution in [0.1, 0.15) is 13.8 Å². The third kappa shape index (κ3) is 4.20. The fourth-order valence-electron chi connectivity index (χ4n) is 0.826. The summed E-state index contributed by atoms with van der Waals surface area (Å²) in [5.41, 5.74) is 0. The fourth-order valence-corrected chi connectivity index (χ4v) is 2.22. The molecule has 0 aromatic heterocycles. The van der Waals surface area contributed by atoms with Crippen molar-refractivity contribution < 1.29 is 27.5 Å². The van der Waals surface area contributed by atoms with Crippen molar-refractivity contribution in [3.05, 3.63) is 6.92 Å². The maximum atomic E-state index is 13.4. The zero-order chi connectivity index (χ0) is 11.9. The van der Waals surface area contributed by atoms with E-state index in [1.807, 2.05) is 0 Å². The summed E-state index contributed by atoms with van der Waals surface area (Å²) in [5.74, 6) is -3.70. The zero-order valence-electron chi connectivity index (χ0n) is 8.77. The molecule has 0 N–H and O–H groups in total. The predicted molar refractivity (Wildman–Crippen MR) is 52.1 cm³/mol. The van der Waals surface area contributed by atoms with Crippen LogP contribution in [-0.4, -0.2) is 31.7 Å². The molecule has 7 heteroatoms. The minimum Gasteiger partial charge on any atom is -0.421 e. The molecule has 88 valence electrons. The van der Waals surface area contributed by atoms with Crippen LogP contribution >= 0.6 is 7.60 Å². The third-order valence-corrected chi connectivity index (χ3v) is 3.34. The smallest absolute Gasteiger partial charge is 0.376 e. The van der Waals surface area contributed by atoms with Gasteiger partial charge in [-0.25, -0.2) is 9.18 Å². The van der Waals surface area contributed by atoms with E-state index in [1.54, 1.807) is 0 Å². The first-order chi connectivity index (χ1) is 7.01. The van der Waals surface area contributed by atoms with Crippen LogP contribution < -0.4 is 0 Å². The largest absolute Gasteiger partial charge is 0.421 e. The van der Waals surface area contributed by atoms with Crippen molar-refractivity contribution in [2.75, 3.05) is 19.8 Å². The Morgan fingerprint density at radius 2 is 1.87 bits per heavy atom. The Morgan fingerprint density at radius 3 is 2.20 bits per heavy atom. The van der Waals surface area contributed by atoms with Gasteiger partial charge in [-0.05, 0) is 13.8 Å². The Morgan fingerprint density at radius 1 is 1.40 bits per heavy atom. The quantitative estimate of drug-likeness (QED) is 0.387. The van der Waals surface area contributed by atoms with Crippen LogP contribution in [0.2, 0.25) is 0 Å². The Balaban J connectivity index is 4.60. The molecule has 0 rings (SSSR count). The molecular formula is C8H15FO5P+. The molecule has 0 spiro atoms. The molecular weight excluding hydrogens is 226 g/mol. The number of esters is 1. The molecule has 1 unspecified atom stereocenters. The van der Waals surface area contributed by atoms with Gasteiger partial charge in [0, 0.05) is 0 Å². The predicted octanol–water partition coefficient (Wildman–Crippen LogP) is 1.93. The number of hydrogen-bond donors (Lipinski definition) is 0. The number of carbonyl (C=O) groups excluding carboxylic acids is 1. The van der Waals surface area contributed by atoms with Crippen LogP contribution in [0.15, 0.2) is 0 Å². The van der Waals surface area contributed by atoms with Crippen molar-refractivity contribution in [3.8, 4) is 0 Å². The molecule has 0 fully saturated rings. The first kappa shape index (κ1) is 14.4. The molecule has 0 aliphatic rings. The van der Waals surface area contributed by atoms with E-state index in [4.69, 9.17) is 0 Å². The van der Waals surface area contributed by atoms with Crippen LogP contribution in [0, 0.1) is 6.92 Å². The monoisotopic (exact) mass is 241 g/mol. The lowest BCUT2D eigenvalue weighted by Gasteiger charge is -2.18. The maximum absolute atomic E-state index is 13.4. The molecule has 0 heterocycles. The summed E-state index contributed by atoms with van der Waals surface area (Å²) in [6, 6.07) is 0. The van der Waals surface area contributed by atoms with Crippen LogP contribution in [0.4, 0.5) is 4.39 Å². The van der Waals surface area contributed by atoms with E-state index < -0.39 is 19.5 Å². The lowest BCUT2D eigenvalue weighted by Crippen LogP contribution is -2.21. The van der Waals surface area contributed by atoms with E-state index in [9.17, 15) is 13.8 Å². The average Bonchev–Trinajstić information content (AvgIpc) is 2.17. The third-order valence-electron chi connectivity index (χ3n) is 1.33. The van der Waals surface area contributed by atoms with Gasteiger partial charge in [0.1, 0.15) is 6.92 Å². The number of rotatable bonds is 7. The SMILES string of the molecule is [CH2+]COC(=O)C(F)P(=O)(OCC)OCC. The molecule has 0 aromatic carbocycles. The van der Waals surface area contributed by atoms with Gasteiger partial charge in [-0.3, -0.25) is 4.57 Å². The summed E-state index contributed by atoms with van der Waals surface area (Å²) in [5, 5.41) is 0. The standard InChI is InChI=1S/C8H15FO5P/c1-4-12-8(10)7(9)15(11,13-5-2)14-6-3/h7H,1,4-6H2,2-3H3/q+1. The molecule has 0 radical (unpaired) electrons. The van der Waals surface area contributed by atoms with E-state index in [1.165, 1.54) is 13.8 Å². The highest BCUT2D eigenvalue weighted by atomic mass is 31.2. The van der Waals surface area contributed by atoms with E-state index in [0.29, 0.717) is 0 Å². The highest BCUT2D eigenvalue weighted by molar-refractivity contribution is 7.55. The molecule has 0 saturated heterocycles. The number of carbonyl (C=O) groups is 1. The molecule has 0 amide bonds. The topological polar surface area (TPSA) is 61.8 Å². The molecule has 0 bridgehead atoms. The van der Waals surface area contributed by atoms with Gasteiger partial charge in [-0.15, -0.1) is 0 Å². The highest BCUT2D eigenvalue weighted by Gasteiger charge is 2.43. The van der Waals surface area contributed by atoms with Gasteiger partial charge in [0.25, 0.3) is 5.91 Å². The first-order valence-corrected chi connectivity index (χ1v) is 6.11. The van der Waals surface area contributed by atoms with Gasteiger partial charge in [0.05, 0.1) is 13.2 Å². The second-order valence-electron chi connectivity index (χ2n) is 2.38. The Kier molecular flexibility index (Phi) is 6.56. The Bertz CT molecular complexity index is 235. The van der Waals surface area contributed by atoms with Crippen molar-refractivity contribution in [2.24, 2.45) is 0 Å². The summed E-state index contributed by atoms with van der Waals surface area (Å²) in [7, 11) is -4.07. The lowest BCUT2D eigenvalue weighted by molar-refractivity contribution is -0.145. The molecule has 0 aromatic rings. The van der Waals surface area contributed by atoms with E-state index >= 15 is 0 Å². The number of halogens is 1. The summed E-state index contributed by atoms with van der Waals surface area (Å²) in [6.45, 7) is 5.96. The van der Waals surface area contributed by atoms with Gasteiger partial charge in [0.2, 0.25) is 6.61 Å². The molecule has 1 atom stereocenters. The van der Waals surface area contributed by atoms with Crippen LogP contribution in [0.3, 0.4) is 0 Å². The molecule has 0 aliphatic heterocycles. The number of ether oxygens (including phenoxy) is 1. The van der Waals surface area contributed by atoms with Crippen molar-refractivity contribution in [1.29, 1.82) is 0 Å². The highest BCUT2D eigenvalue weighted by Crippen LogP contribution is 2.53. The summed E-state index contributed by atoms with van der Waals surface area (Å²) < 4.78 is 38.6. The molecule has 0 saturated carbocycles.